The average molecular weight is 217 g/mol. The molecule has 6 heteroatoms. The molecule has 1 atom stereocenters. The standard InChI is InChI=1S/C8H15N3O2S/c12-14(13)5-1-2-7(6-14)11-8-9-3-4-10-8/h7H,1-6H2,(H2,9,10,11). The fraction of sp³-hybridized carbons (Fsp3) is 0.875. The molecule has 2 heterocycles. The Hall–Kier alpha value is -0.780. The molecular formula is C8H15N3O2S. The van der Waals surface area contributed by atoms with E-state index in [4.69, 9.17) is 0 Å². The Balaban J connectivity index is 1.92. The first-order valence-corrected chi connectivity index (χ1v) is 6.73. The first-order chi connectivity index (χ1) is 6.66. The van der Waals surface area contributed by atoms with Crippen LogP contribution in [0.1, 0.15) is 12.8 Å². The van der Waals surface area contributed by atoms with E-state index in [2.05, 4.69) is 15.6 Å². The molecule has 0 bridgehead atoms. The van der Waals surface area contributed by atoms with Gasteiger partial charge in [0.15, 0.2) is 15.8 Å². The Morgan fingerprint density at radius 1 is 1.50 bits per heavy atom. The van der Waals surface area contributed by atoms with E-state index >= 15 is 0 Å². The first-order valence-electron chi connectivity index (χ1n) is 4.91. The summed E-state index contributed by atoms with van der Waals surface area (Å²) in [5.41, 5.74) is 0. The number of nitrogens with one attached hydrogen (secondary N) is 2. The lowest BCUT2D eigenvalue weighted by molar-refractivity contribution is 0.529. The quantitative estimate of drug-likeness (QED) is 0.598. The maximum absolute atomic E-state index is 11.3. The van der Waals surface area contributed by atoms with Gasteiger partial charge in [0.25, 0.3) is 0 Å². The van der Waals surface area contributed by atoms with Gasteiger partial charge in [0.1, 0.15) is 0 Å². The van der Waals surface area contributed by atoms with Crippen molar-refractivity contribution >= 4 is 15.8 Å². The molecule has 0 spiro atoms. The lowest BCUT2D eigenvalue weighted by Gasteiger charge is -2.23. The Morgan fingerprint density at radius 3 is 3.00 bits per heavy atom. The maximum atomic E-state index is 11.3. The third-order valence-electron chi connectivity index (χ3n) is 2.48. The zero-order valence-corrected chi connectivity index (χ0v) is 8.81. The van der Waals surface area contributed by atoms with E-state index in [-0.39, 0.29) is 11.8 Å². The fourth-order valence-corrected chi connectivity index (χ4v) is 3.46. The topological polar surface area (TPSA) is 70.6 Å². The SMILES string of the molecule is O=S1(=O)CCCC(NC2=NCCN2)C1. The molecule has 80 valence electrons. The third kappa shape index (κ3) is 2.37. The zero-order valence-electron chi connectivity index (χ0n) is 7.99. The number of nitrogens with zero attached hydrogens (tertiary/aromatic N) is 1. The summed E-state index contributed by atoms with van der Waals surface area (Å²) in [6.07, 6.45) is 1.67. The second-order valence-electron chi connectivity index (χ2n) is 3.75. The smallest absolute Gasteiger partial charge is 0.191 e. The predicted octanol–water partition coefficient (Wildman–Crippen LogP) is -0.888. The van der Waals surface area contributed by atoms with Gasteiger partial charge < -0.3 is 10.6 Å². The summed E-state index contributed by atoms with van der Waals surface area (Å²) in [5.74, 6) is 1.34. The molecule has 2 aliphatic heterocycles. The molecule has 14 heavy (non-hydrogen) atoms. The van der Waals surface area contributed by atoms with E-state index in [0.29, 0.717) is 5.75 Å². The van der Waals surface area contributed by atoms with E-state index in [9.17, 15) is 8.42 Å². The average Bonchev–Trinajstić information content (AvgIpc) is 2.54. The normalized spacial score (nSPS) is 30.6. The summed E-state index contributed by atoms with van der Waals surface area (Å²) in [4.78, 5) is 4.18. The second-order valence-corrected chi connectivity index (χ2v) is 5.98. The van der Waals surface area contributed by atoms with Gasteiger partial charge >= 0.3 is 0 Å². The van der Waals surface area contributed by atoms with Crippen LogP contribution in [0.2, 0.25) is 0 Å². The summed E-state index contributed by atoms with van der Waals surface area (Å²) in [6.45, 7) is 1.63. The number of sulfone groups is 1. The molecule has 0 amide bonds. The first kappa shape index (κ1) is 9.76. The van der Waals surface area contributed by atoms with Crippen molar-refractivity contribution in [1.82, 2.24) is 10.6 Å². The van der Waals surface area contributed by atoms with Gasteiger partial charge in [-0.1, -0.05) is 0 Å². The van der Waals surface area contributed by atoms with Gasteiger partial charge in [-0.3, -0.25) is 4.99 Å². The summed E-state index contributed by atoms with van der Waals surface area (Å²) in [5, 5.41) is 6.21. The largest absolute Gasteiger partial charge is 0.355 e. The summed E-state index contributed by atoms with van der Waals surface area (Å²) in [7, 11) is -2.82. The van der Waals surface area contributed by atoms with Crippen LogP contribution in [0, 0.1) is 0 Å². The van der Waals surface area contributed by atoms with E-state index < -0.39 is 9.84 Å². The van der Waals surface area contributed by atoms with Crippen LogP contribution in [0.25, 0.3) is 0 Å². The molecular weight excluding hydrogens is 202 g/mol. The van der Waals surface area contributed by atoms with Gasteiger partial charge in [-0.25, -0.2) is 8.42 Å². The molecule has 0 aromatic heterocycles. The molecule has 1 saturated heterocycles. The Labute approximate surface area is 83.9 Å². The van der Waals surface area contributed by atoms with E-state index in [0.717, 1.165) is 31.9 Å². The van der Waals surface area contributed by atoms with Crippen molar-refractivity contribution in [2.45, 2.75) is 18.9 Å². The van der Waals surface area contributed by atoms with Crippen molar-refractivity contribution in [3.05, 3.63) is 0 Å². The summed E-state index contributed by atoms with van der Waals surface area (Å²) < 4.78 is 22.7. The minimum atomic E-state index is -2.82. The van der Waals surface area contributed by atoms with E-state index in [1.807, 2.05) is 0 Å². The lowest BCUT2D eigenvalue weighted by atomic mass is 10.2. The van der Waals surface area contributed by atoms with E-state index in [1.165, 1.54) is 0 Å². The Bertz CT molecular complexity index is 336. The summed E-state index contributed by atoms with van der Waals surface area (Å²) >= 11 is 0. The number of hydrogen-bond donors (Lipinski definition) is 2. The van der Waals surface area contributed by atoms with Crippen molar-refractivity contribution < 1.29 is 8.42 Å². The third-order valence-corrected chi connectivity index (χ3v) is 4.30. The minimum Gasteiger partial charge on any atom is -0.355 e. The van der Waals surface area contributed by atoms with Gasteiger partial charge in [-0.15, -0.1) is 0 Å². The molecule has 0 radical (unpaired) electrons. The van der Waals surface area contributed by atoms with Crippen molar-refractivity contribution in [2.75, 3.05) is 24.6 Å². The molecule has 0 aromatic carbocycles. The minimum absolute atomic E-state index is 0.0399. The predicted molar refractivity (Wildman–Crippen MR) is 55.1 cm³/mol. The van der Waals surface area contributed by atoms with Crippen LogP contribution in [-0.4, -0.2) is 45.0 Å². The summed E-state index contributed by atoms with van der Waals surface area (Å²) in [6, 6.07) is 0.0399. The number of guanidine groups is 1. The highest BCUT2D eigenvalue weighted by molar-refractivity contribution is 7.91. The molecule has 1 fully saturated rings. The van der Waals surface area contributed by atoms with Crippen LogP contribution < -0.4 is 10.6 Å². The zero-order chi connectivity index (χ0) is 10.0. The van der Waals surface area contributed by atoms with Crippen LogP contribution in [0.5, 0.6) is 0 Å². The van der Waals surface area contributed by atoms with Crippen molar-refractivity contribution in [2.24, 2.45) is 4.99 Å². The number of aliphatic imine (C=N–C) groups is 1. The van der Waals surface area contributed by atoms with Gasteiger partial charge in [0.05, 0.1) is 18.1 Å². The maximum Gasteiger partial charge on any atom is 0.191 e. The molecule has 2 aliphatic rings. The molecule has 0 aliphatic carbocycles. The monoisotopic (exact) mass is 217 g/mol. The molecule has 2 rings (SSSR count). The molecule has 1 unspecified atom stereocenters. The van der Waals surface area contributed by atoms with Gasteiger partial charge in [-0.05, 0) is 12.8 Å². The molecule has 0 aromatic rings. The number of rotatable bonds is 1. The van der Waals surface area contributed by atoms with Crippen LogP contribution >= 0.6 is 0 Å². The Kier molecular flexibility index (Phi) is 2.62. The van der Waals surface area contributed by atoms with Crippen LogP contribution in [0.3, 0.4) is 0 Å². The molecule has 5 nitrogen and oxygen atoms in total. The van der Waals surface area contributed by atoms with Crippen LogP contribution in [0.15, 0.2) is 4.99 Å². The van der Waals surface area contributed by atoms with Crippen LogP contribution in [-0.2, 0) is 9.84 Å². The molecule has 2 N–H and O–H groups in total. The van der Waals surface area contributed by atoms with Crippen molar-refractivity contribution in [3.63, 3.8) is 0 Å². The highest BCUT2D eigenvalue weighted by Gasteiger charge is 2.25. The van der Waals surface area contributed by atoms with Gasteiger partial charge in [0, 0.05) is 12.6 Å². The molecule has 0 saturated carbocycles. The number of hydrogen-bond acceptors (Lipinski definition) is 5. The fourth-order valence-electron chi connectivity index (χ4n) is 1.82. The highest BCUT2D eigenvalue weighted by atomic mass is 32.2. The van der Waals surface area contributed by atoms with Crippen molar-refractivity contribution in [3.8, 4) is 0 Å². The Morgan fingerprint density at radius 2 is 2.36 bits per heavy atom. The lowest BCUT2D eigenvalue weighted by Crippen LogP contribution is -2.46. The van der Waals surface area contributed by atoms with Crippen LogP contribution in [0.4, 0.5) is 0 Å². The van der Waals surface area contributed by atoms with Gasteiger partial charge in [0.2, 0.25) is 0 Å². The second kappa shape index (κ2) is 3.76. The van der Waals surface area contributed by atoms with E-state index in [1.54, 1.807) is 0 Å². The van der Waals surface area contributed by atoms with Gasteiger partial charge in [-0.2, -0.15) is 0 Å². The highest BCUT2D eigenvalue weighted by Crippen LogP contribution is 2.11. The van der Waals surface area contributed by atoms with Crippen molar-refractivity contribution in [1.29, 1.82) is 0 Å².